The van der Waals surface area contributed by atoms with Crippen molar-refractivity contribution in [1.82, 2.24) is 5.43 Å². The number of hydrogen-bond donors (Lipinski definition) is 2. The number of carbonyl (C=O) groups is 1. The molecule has 0 aromatic rings. The van der Waals surface area contributed by atoms with E-state index in [-0.39, 0.29) is 0 Å². The van der Waals surface area contributed by atoms with Crippen LogP contribution < -0.4 is 11.2 Å². The molecule has 9 heteroatoms. The van der Waals surface area contributed by atoms with Crippen LogP contribution in [0.25, 0.3) is 0 Å². The van der Waals surface area contributed by atoms with E-state index in [1.54, 1.807) is 0 Å². The number of nitrogens with one attached hydrogen (secondary N) is 1. The summed E-state index contributed by atoms with van der Waals surface area (Å²) in [7, 11) is 0. The van der Waals surface area contributed by atoms with Crippen LogP contribution in [0.1, 0.15) is 0 Å². The number of alkyl halides is 4. The molecule has 0 saturated heterocycles. The maximum atomic E-state index is 12.0. The quantitative estimate of drug-likeness (QED) is 0.391. The summed E-state index contributed by atoms with van der Waals surface area (Å²) < 4.78 is 58.1. The van der Waals surface area contributed by atoms with E-state index in [0.717, 1.165) is 5.43 Å². The van der Waals surface area contributed by atoms with Gasteiger partial charge in [-0.3, -0.25) is 0 Å². The minimum Gasteiger partial charge on any atom is -0.350 e. The fourth-order valence-electron chi connectivity index (χ4n) is 0.300. The highest BCUT2D eigenvalue weighted by molar-refractivity contribution is 5.82. The second-order valence-electron chi connectivity index (χ2n) is 1.81. The maximum absolute atomic E-state index is 12.0. The largest absolute Gasteiger partial charge is 0.427 e. The molecule has 0 aromatic carbocycles. The van der Waals surface area contributed by atoms with Gasteiger partial charge in [0, 0.05) is 0 Å². The first-order chi connectivity index (χ1) is 5.75. The third-order valence-corrected chi connectivity index (χ3v) is 0.769. The Kier molecular flexibility index (Phi) is 3.57. The van der Waals surface area contributed by atoms with Crippen LogP contribution in [0.15, 0.2) is 5.10 Å². The topological polar surface area (TPSA) is 67.5 Å². The van der Waals surface area contributed by atoms with Crippen molar-refractivity contribution in [2.24, 2.45) is 10.8 Å². The van der Waals surface area contributed by atoms with Gasteiger partial charge in [0.25, 0.3) is 12.1 Å². The van der Waals surface area contributed by atoms with Crippen LogP contribution in [0.2, 0.25) is 0 Å². The third-order valence-electron chi connectivity index (χ3n) is 0.769. The summed E-state index contributed by atoms with van der Waals surface area (Å²) in [6.07, 6.45) is -9.26. The lowest BCUT2D eigenvalue weighted by Crippen LogP contribution is -2.33. The Morgan fingerprint density at radius 3 is 2.23 bits per heavy atom. The summed E-state index contributed by atoms with van der Waals surface area (Å²) in [5.41, 5.74) is 5.43. The van der Waals surface area contributed by atoms with E-state index in [0.29, 0.717) is 0 Å². The predicted octanol–water partition coefficient (Wildman–Crippen LogP) is 0.838. The monoisotopic (exact) mass is 205 g/mol. The van der Waals surface area contributed by atoms with Gasteiger partial charge in [0.2, 0.25) is 0 Å². The van der Waals surface area contributed by atoms with Gasteiger partial charge in [-0.25, -0.2) is 14.6 Å². The molecule has 1 unspecified atom stereocenters. The smallest absolute Gasteiger partial charge is 0.350 e. The molecule has 0 aromatic heterocycles. The zero-order valence-corrected chi connectivity index (χ0v) is 5.90. The Labute approximate surface area is 68.6 Å². The van der Waals surface area contributed by atoms with Gasteiger partial charge < -0.3 is 5.73 Å². The van der Waals surface area contributed by atoms with Crippen molar-refractivity contribution in [3.63, 3.8) is 0 Å². The third kappa shape index (κ3) is 4.23. The van der Waals surface area contributed by atoms with Gasteiger partial charge in [0.15, 0.2) is 0 Å². The molecular formula is C4H4F5N3O. The van der Waals surface area contributed by atoms with Crippen LogP contribution in [0.4, 0.5) is 26.7 Å². The van der Waals surface area contributed by atoms with Gasteiger partial charge in [0.1, 0.15) is 0 Å². The number of rotatable bonds is 2. The first-order valence-corrected chi connectivity index (χ1v) is 2.74. The van der Waals surface area contributed by atoms with E-state index in [4.69, 9.17) is 0 Å². The van der Waals surface area contributed by atoms with Crippen LogP contribution in [0.5, 0.6) is 0 Å². The minimum absolute atomic E-state index is 1.11. The SMILES string of the molecule is NC(=O)N/N=C(\F)C(F)C(F)(F)F. The van der Waals surface area contributed by atoms with E-state index in [2.05, 4.69) is 10.8 Å². The van der Waals surface area contributed by atoms with Crippen LogP contribution in [0, 0.1) is 0 Å². The van der Waals surface area contributed by atoms with Crippen molar-refractivity contribution in [3.05, 3.63) is 0 Å². The van der Waals surface area contributed by atoms with E-state index in [1.807, 2.05) is 0 Å². The molecular weight excluding hydrogens is 201 g/mol. The first kappa shape index (κ1) is 11.6. The Bertz CT molecular complexity index is 224. The number of nitrogens with two attached hydrogens (primary N) is 1. The number of carbonyl (C=O) groups excluding carboxylic acids is 1. The highest BCUT2D eigenvalue weighted by Gasteiger charge is 2.44. The summed E-state index contributed by atoms with van der Waals surface area (Å²) in [4.78, 5) is 9.81. The Balaban J connectivity index is 4.33. The highest BCUT2D eigenvalue weighted by atomic mass is 19.4. The predicted molar refractivity (Wildman–Crippen MR) is 32.2 cm³/mol. The summed E-state index contributed by atoms with van der Waals surface area (Å²) in [6.45, 7) is 0. The van der Waals surface area contributed by atoms with Crippen LogP contribution in [0.3, 0.4) is 0 Å². The molecule has 0 heterocycles. The first-order valence-electron chi connectivity index (χ1n) is 2.74. The molecule has 1 atom stereocenters. The molecule has 0 radical (unpaired) electrons. The highest BCUT2D eigenvalue weighted by Crippen LogP contribution is 2.24. The van der Waals surface area contributed by atoms with Crippen molar-refractivity contribution in [2.45, 2.75) is 12.3 Å². The number of primary amides is 1. The number of hydrazone groups is 1. The van der Waals surface area contributed by atoms with Crippen molar-refractivity contribution in [3.8, 4) is 0 Å². The number of hydrogen-bond acceptors (Lipinski definition) is 2. The zero-order valence-electron chi connectivity index (χ0n) is 5.90. The summed E-state index contributed by atoms with van der Waals surface area (Å²) in [5, 5.41) is 2.12. The molecule has 0 aliphatic rings. The number of halogens is 5. The second-order valence-corrected chi connectivity index (χ2v) is 1.81. The van der Waals surface area contributed by atoms with Gasteiger partial charge >= 0.3 is 12.2 Å². The van der Waals surface area contributed by atoms with Crippen molar-refractivity contribution in [2.75, 3.05) is 0 Å². The molecule has 0 fully saturated rings. The lowest BCUT2D eigenvalue weighted by Gasteiger charge is -2.08. The Morgan fingerprint density at radius 1 is 1.46 bits per heavy atom. The van der Waals surface area contributed by atoms with Crippen molar-refractivity contribution >= 4 is 12.0 Å². The lowest BCUT2D eigenvalue weighted by molar-refractivity contribution is -0.162. The zero-order chi connectivity index (χ0) is 10.6. The lowest BCUT2D eigenvalue weighted by atomic mass is 10.4. The molecule has 0 spiro atoms. The van der Waals surface area contributed by atoms with Gasteiger partial charge in [-0.15, -0.1) is 5.10 Å². The van der Waals surface area contributed by atoms with Crippen molar-refractivity contribution < 1.29 is 26.7 Å². The van der Waals surface area contributed by atoms with Crippen LogP contribution in [-0.4, -0.2) is 24.3 Å². The molecule has 0 rings (SSSR count). The fourth-order valence-corrected chi connectivity index (χ4v) is 0.300. The van der Waals surface area contributed by atoms with E-state index >= 15 is 0 Å². The molecule has 0 aliphatic heterocycles. The van der Waals surface area contributed by atoms with Crippen LogP contribution in [-0.2, 0) is 0 Å². The van der Waals surface area contributed by atoms with Crippen molar-refractivity contribution in [1.29, 1.82) is 0 Å². The summed E-state index contributed by atoms with van der Waals surface area (Å²) in [5.74, 6) is -2.41. The fraction of sp³-hybridized carbons (Fsp3) is 0.500. The number of urea groups is 1. The molecule has 76 valence electrons. The van der Waals surface area contributed by atoms with Crippen LogP contribution >= 0.6 is 0 Å². The molecule has 4 nitrogen and oxygen atoms in total. The summed E-state index contributed by atoms with van der Waals surface area (Å²) >= 11 is 0. The number of nitrogens with zero attached hydrogens (tertiary/aromatic N) is 1. The molecule has 0 bridgehead atoms. The van der Waals surface area contributed by atoms with E-state index in [1.165, 1.54) is 0 Å². The standard InChI is InChI=1S/C4H4F5N3O/c5-1(4(7,8)9)2(6)11-12-3(10)13/h1H,(H3,10,12,13)/b11-2-. The molecule has 13 heavy (non-hydrogen) atoms. The Morgan fingerprint density at radius 2 is 1.92 bits per heavy atom. The molecule has 3 N–H and O–H groups in total. The normalized spacial score (nSPS) is 15.3. The average Bonchev–Trinajstić information content (AvgIpc) is 1.96. The molecule has 0 saturated carbocycles. The van der Waals surface area contributed by atoms with Gasteiger partial charge in [-0.2, -0.15) is 17.6 Å². The second kappa shape index (κ2) is 4.01. The Hall–Kier alpha value is -1.41. The number of amides is 2. The molecule has 0 aliphatic carbocycles. The molecule has 2 amide bonds. The van der Waals surface area contributed by atoms with Gasteiger partial charge in [-0.1, -0.05) is 0 Å². The average molecular weight is 205 g/mol. The van der Waals surface area contributed by atoms with Gasteiger partial charge in [0.05, 0.1) is 0 Å². The minimum atomic E-state index is -5.40. The maximum Gasteiger partial charge on any atom is 0.427 e. The van der Waals surface area contributed by atoms with E-state index in [9.17, 15) is 26.7 Å². The van der Waals surface area contributed by atoms with Gasteiger partial charge in [-0.05, 0) is 0 Å². The van der Waals surface area contributed by atoms with E-state index < -0.39 is 24.3 Å². The summed E-state index contributed by atoms with van der Waals surface area (Å²) in [6, 6.07) is -1.40.